The predicted molar refractivity (Wildman–Crippen MR) is 143 cm³/mol. The molecule has 7 heteroatoms. The molecule has 3 aromatic carbocycles. The predicted octanol–water partition coefficient (Wildman–Crippen LogP) is 8.55. The summed E-state index contributed by atoms with van der Waals surface area (Å²) in [6, 6.07) is 19.2. The van der Waals surface area contributed by atoms with Crippen LogP contribution in [-0.2, 0) is 21.3 Å². The number of esters is 1. The molecule has 1 heterocycles. The molecule has 0 N–H and O–H groups in total. The fraction of sp³-hybridized carbons (Fsp3) is 0.233. The molecule has 0 saturated heterocycles. The molecule has 4 rings (SSSR count). The highest BCUT2D eigenvalue weighted by atomic mass is 32.2. The van der Waals surface area contributed by atoms with Gasteiger partial charge in [-0.3, -0.25) is 0 Å². The molecule has 3 nitrogen and oxygen atoms in total. The van der Waals surface area contributed by atoms with Crippen LogP contribution in [0.25, 0.3) is 15.0 Å². The number of carbonyl (C=O) groups is 1. The minimum atomic E-state index is -4.45. The number of ether oxygens (including phenoxy) is 2. The number of halogens is 3. The zero-order valence-electron chi connectivity index (χ0n) is 21.1. The van der Waals surface area contributed by atoms with Gasteiger partial charge in [0.15, 0.2) is 26.7 Å². The molecule has 0 saturated carbocycles. The average molecular weight is 526 g/mol. The summed E-state index contributed by atoms with van der Waals surface area (Å²) in [6.45, 7) is 11.0. The van der Waals surface area contributed by atoms with E-state index in [-0.39, 0.29) is 17.1 Å². The summed E-state index contributed by atoms with van der Waals surface area (Å²) in [6.07, 6.45) is -3.06. The second-order valence-corrected chi connectivity index (χ2v) is 11.3. The van der Waals surface area contributed by atoms with Gasteiger partial charge < -0.3 is 9.47 Å². The molecule has 0 spiro atoms. The molecule has 2 unspecified atom stereocenters. The number of thiophene rings is 1. The molecule has 0 aliphatic rings. The fourth-order valence-corrected chi connectivity index (χ4v) is 6.80. The van der Waals surface area contributed by atoms with E-state index in [1.807, 2.05) is 19.9 Å². The first-order valence-electron chi connectivity index (χ1n) is 11.7. The third-order valence-electron chi connectivity index (χ3n) is 6.32. The molecule has 0 aliphatic carbocycles. The van der Waals surface area contributed by atoms with Gasteiger partial charge in [0.2, 0.25) is 0 Å². The Morgan fingerprint density at radius 3 is 2.14 bits per heavy atom. The largest absolute Gasteiger partial charge is 0.481 e. The van der Waals surface area contributed by atoms with Crippen LogP contribution in [0.2, 0.25) is 0 Å². The maximum Gasteiger partial charge on any atom is 0.416 e. The third kappa shape index (κ3) is 5.42. The van der Waals surface area contributed by atoms with E-state index in [1.165, 1.54) is 38.1 Å². The second-order valence-electron chi connectivity index (χ2n) is 9.13. The Balaban J connectivity index is 1.50. The first kappa shape index (κ1) is 26.5. The molecule has 4 aromatic rings. The van der Waals surface area contributed by atoms with E-state index in [0.29, 0.717) is 11.3 Å². The van der Waals surface area contributed by atoms with Crippen LogP contribution in [0.3, 0.4) is 0 Å². The van der Waals surface area contributed by atoms with E-state index in [0.717, 1.165) is 23.3 Å². The van der Waals surface area contributed by atoms with E-state index in [1.54, 1.807) is 6.92 Å². The zero-order valence-corrected chi connectivity index (χ0v) is 21.9. The third-order valence-corrected chi connectivity index (χ3v) is 8.60. The van der Waals surface area contributed by atoms with Crippen LogP contribution in [0, 0.1) is 20.8 Å². The van der Waals surface area contributed by atoms with E-state index in [4.69, 9.17) is 9.47 Å². The summed E-state index contributed by atoms with van der Waals surface area (Å²) in [5.74, 6) is -0.0520. The SMILES string of the molecule is C=CC(C)(OC(=O)COc1c(C)cc(-[s+]2c(C)cc3ccccc32)cc1C)c1ccc(C(F)(F)F)cc1. The van der Waals surface area contributed by atoms with Crippen molar-refractivity contribution in [1.29, 1.82) is 0 Å². The van der Waals surface area contributed by atoms with Crippen LogP contribution >= 0.6 is 10.5 Å². The standard InChI is InChI=1S/C30H28F3O3S/c1-6-29(5,23-11-13-24(14-12-23)30(31,32)33)36-27(34)18-35-28-19(2)15-25(16-20(28)3)37-21(4)17-22-9-7-8-10-26(22)37/h6-17H,1,18H2,2-5H3/q+1. The van der Waals surface area contributed by atoms with Crippen molar-refractivity contribution in [3.8, 4) is 10.6 Å². The van der Waals surface area contributed by atoms with Crippen LogP contribution < -0.4 is 4.74 Å². The molecule has 2 atom stereocenters. The van der Waals surface area contributed by atoms with E-state index < -0.39 is 23.3 Å². The van der Waals surface area contributed by atoms with Crippen molar-refractivity contribution >= 4 is 26.5 Å². The van der Waals surface area contributed by atoms with Crippen LogP contribution in [0.5, 0.6) is 5.75 Å². The van der Waals surface area contributed by atoms with Crippen molar-refractivity contribution in [2.45, 2.75) is 39.5 Å². The Bertz CT molecular complexity index is 1440. The maximum absolute atomic E-state index is 12.9. The van der Waals surface area contributed by atoms with Gasteiger partial charge in [0.1, 0.15) is 5.75 Å². The molecular weight excluding hydrogens is 497 g/mol. The van der Waals surface area contributed by atoms with Crippen LogP contribution in [0.4, 0.5) is 13.2 Å². The number of carbonyl (C=O) groups excluding carboxylic acids is 1. The Labute approximate surface area is 217 Å². The molecule has 37 heavy (non-hydrogen) atoms. The fourth-order valence-electron chi connectivity index (χ4n) is 4.41. The average Bonchev–Trinajstić information content (AvgIpc) is 3.18. The molecule has 0 aliphatic heterocycles. The highest BCUT2D eigenvalue weighted by Crippen LogP contribution is 2.45. The van der Waals surface area contributed by atoms with Crippen molar-refractivity contribution in [2.24, 2.45) is 0 Å². The number of hydrogen-bond donors (Lipinski definition) is 0. The highest BCUT2D eigenvalue weighted by molar-refractivity contribution is 7.45. The summed E-state index contributed by atoms with van der Waals surface area (Å²) in [4.78, 5) is 15.2. The van der Waals surface area contributed by atoms with Gasteiger partial charge in [-0.15, -0.1) is 0 Å². The summed E-state index contributed by atoms with van der Waals surface area (Å²) in [7, 11) is -0.163. The second kappa shape index (κ2) is 10.1. The van der Waals surface area contributed by atoms with Crippen molar-refractivity contribution in [1.82, 2.24) is 0 Å². The molecule has 0 fully saturated rings. The van der Waals surface area contributed by atoms with Crippen LogP contribution in [-0.4, -0.2) is 12.6 Å². The lowest BCUT2D eigenvalue weighted by Gasteiger charge is -2.27. The number of alkyl halides is 3. The van der Waals surface area contributed by atoms with Gasteiger partial charge in [-0.2, -0.15) is 13.2 Å². The van der Waals surface area contributed by atoms with E-state index >= 15 is 0 Å². The van der Waals surface area contributed by atoms with Gasteiger partial charge in [-0.25, -0.2) is 4.79 Å². The molecular formula is C30H28F3O3S+. The Morgan fingerprint density at radius 1 is 0.946 bits per heavy atom. The minimum Gasteiger partial charge on any atom is -0.481 e. The Hall–Kier alpha value is -3.58. The summed E-state index contributed by atoms with van der Waals surface area (Å²) in [5.41, 5.74) is 0.101. The zero-order chi connectivity index (χ0) is 27.0. The number of benzene rings is 3. The van der Waals surface area contributed by atoms with E-state index in [2.05, 4.69) is 49.9 Å². The lowest BCUT2D eigenvalue weighted by molar-refractivity contribution is -0.157. The number of hydrogen-bond acceptors (Lipinski definition) is 3. The number of fused-ring (bicyclic) bond motifs is 1. The first-order chi connectivity index (χ1) is 17.4. The quantitative estimate of drug-likeness (QED) is 0.138. The monoisotopic (exact) mass is 525 g/mol. The molecule has 0 bridgehead atoms. The smallest absolute Gasteiger partial charge is 0.416 e. The summed E-state index contributed by atoms with van der Waals surface area (Å²) in [5, 5.41) is 1.24. The normalized spacial score (nSPS) is 13.8. The van der Waals surface area contributed by atoms with Crippen molar-refractivity contribution in [3.63, 3.8) is 0 Å². The summed E-state index contributed by atoms with van der Waals surface area (Å²) >= 11 is 0. The minimum absolute atomic E-state index is 0.163. The molecule has 192 valence electrons. The maximum atomic E-state index is 12.9. The van der Waals surface area contributed by atoms with Crippen molar-refractivity contribution in [2.75, 3.05) is 6.61 Å². The number of aryl methyl sites for hydroxylation is 3. The van der Waals surface area contributed by atoms with Gasteiger partial charge in [0.05, 0.1) is 5.56 Å². The summed E-state index contributed by atoms with van der Waals surface area (Å²) < 4.78 is 51.5. The van der Waals surface area contributed by atoms with Crippen molar-refractivity contribution < 1.29 is 27.4 Å². The van der Waals surface area contributed by atoms with Gasteiger partial charge in [-0.1, -0.05) is 30.8 Å². The topological polar surface area (TPSA) is 35.5 Å². The van der Waals surface area contributed by atoms with E-state index in [9.17, 15) is 18.0 Å². The van der Waals surface area contributed by atoms with Gasteiger partial charge >= 0.3 is 12.1 Å². The molecule has 1 aromatic heterocycles. The van der Waals surface area contributed by atoms with Crippen LogP contribution in [0.1, 0.15) is 34.1 Å². The Kier molecular flexibility index (Phi) is 7.20. The van der Waals surface area contributed by atoms with Gasteiger partial charge in [0.25, 0.3) is 0 Å². The number of rotatable bonds is 7. The van der Waals surface area contributed by atoms with Gasteiger partial charge in [-0.05, 0) is 67.8 Å². The van der Waals surface area contributed by atoms with Gasteiger partial charge in [0, 0.05) is 41.0 Å². The lowest BCUT2D eigenvalue weighted by Crippen LogP contribution is -2.29. The molecule has 0 radical (unpaired) electrons. The molecule has 0 amide bonds. The highest BCUT2D eigenvalue weighted by Gasteiger charge is 2.33. The Morgan fingerprint density at radius 2 is 1.54 bits per heavy atom. The lowest BCUT2D eigenvalue weighted by atomic mass is 9.95. The first-order valence-corrected chi connectivity index (χ1v) is 12.9. The van der Waals surface area contributed by atoms with Crippen molar-refractivity contribution in [3.05, 3.63) is 107 Å². The van der Waals surface area contributed by atoms with Crippen LogP contribution in [0.15, 0.2) is 79.4 Å².